The molecule has 0 atom stereocenters. The molecule has 2 heterocycles. The number of nitrogens with two attached hydrogens (primary N) is 1. The van der Waals surface area contributed by atoms with Crippen LogP contribution in [0, 0.1) is 0 Å². The fourth-order valence-corrected chi connectivity index (χ4v) is 3.15. The van der Waals surface area contributed by atoms with E-state index in [-0.39, 0.29) is 5.84 Å². The lowest BCUT2D eigenvalue weighted by atomic mass is 10.1. The number of hydrogen-bond donors (Lipinski definition) is 2. The summed E-state index contributed by atoms with van der Waals surface area (Å²) in [6.45, 7) is 6.64. The van der Waals surface area contributed by atoms with E-state index in [4.69, 9.17) is 10.9 Å². The molecule has 0 radical (unpaired) electrons. The Morgan fingerprint density at radius 2 is 2.26 bits per heavy atom. The van der Waals surface area contributed by atoms with Gasteiger partial charge < -0.3 is 15.8 Å². The van der Waals surface area contributed by atoms with Crippen molar-refractivity contribution >= 4 is 23.3 Å². The third-order valence-corrected chi connectivity index (χ3v) is 4.69. The number of anilines is 1. The topological polar surface area (TPSA) is 74.7 Å². The van der Waals surface area contributed by atoms with Gasteiger partial charge in [-0.25, -0.2) is 0 Å². The van der Waals surface area contributed by atoms with E-state index >= 15 is 0 Å². The van der Waals surface area contributed by atoms with E-state index in [1.807, 2.05) is 17.8 Å². The lowest BCUT2D eigenvalue weighted by Gasteiger charge is -2.24. The molecular weight excluding hydrogens is 260 g/mol. The molecule has 0 spiro atoms. The van der Waals surface area contributed by atoms with Crippen molar-refractivity contribution in [3.8, 4) is 0 Å². The third kappa shape index (κ3) is 3.53. The van der Waals surface area contributed by atoms with Gasteiger partial charge in [-0.2, -0.15) is 11.8 Å². The SMILES string of the molecule is CC1(C)CCN(c2ccc(/C(N)=N/O)nc2)CCS1. The van der Waals surface area contributed by atoms with Gasteiger partial charge in [0.1, 0.15) is 5.69 Å². The van der Waals surface area contributed by atoms with Crippen molar-refractivity contribution in [2.75, 3.05) is 23.7 Å². The van der Waals surface area contributed by atoms with Crippen molar-refractivity contribution in [2.45, 2.75) is 25.0 Å². The zero-order valence-electron chi connectivity index (χ0n) is 11.3. The molecule has 1 aliphatic rings. The fraction of sp³-hybridized carbons (Fsp3) is 0.538. The normalized spacial score (nSPS) is 20.1. The molecular formula is C13H20N4OS. The van der Waals surface area contributed by atoms with Crippen molar-refractivity contribution in [1.82, 2.24) is 4.98 Å². The van der Waals surface area contributed by atoms with E-state index in [1.165, 1.54) is 0 Å². The first-order valence-electron chi connectivity index (χ1n) is 6.35. The maximum Gasteiger partial charge on any atom is 0.188 e. The van der Waals surface area contributed by atoms with Crippen LogP contribution in [0.3, 0.4) is 0 Å². The number of pyridine rings is 1. The summed E-state index contributed by atoms with van der Waals surface area (Å²) in [6.07, 6.45) is 2.94. The fourth-order valence-electron chi connectivity index (χ4n) is 2.05. The Bertz CT molecular complexity index is 458. The van der Waals surface area contributed by atoms with Crippen LogP contribution in [0.2, 0.25) is 0 Å². The maximum atomic E-state index is 8.61. The quantitative estimate of drug-likeness (QED) is 0.374. The molecule has 0 aliphatic carbocycles. The molecule has 0 aromatic carbocycles. The van der Waals surface area contributed by atoms with Crippen LogP contribution in [0.25, 0.3) is 0 Å². The molecule has 0 amide bonds. The molecule has 0 bridgehead atoms. The molecule has 1 aromatic rings. The molecule has 0 unspecified atom stereocenters. The summed E-state index contributed by atoms with van der Waals surface area (Å²) in [4.78, 5) is 6.57. The molecule has 1 fully saturated rings. The smallest absolute Gasteiger partial charge is 0.188 e. The summed E-state index contributed by atoms with van der Waals surface area (Å²) in [6, 6.07) is 3.76. The van der Waals surface area contributed by atoms with Gasteiger partial charge in [0.2, 0.25) is 0 Å². The maximum absolute atomic E-state index is 8.61. The van der Waals surface area contributed by atoms with Crippen molar-refractivity contribution < 1.29 is 5.21 Å². The van der Waals surface area contributed by atoms with Gasteiger partial charge in [-0.05, 0) is 18.6 Å². The lowest BCUT2D eigenvalue weighted by molar-refractivity contribution is 0.318. The van der Waals surface area contributed by atoms with Gasteiger partial charge in [-0.3, -0.25) is 4.98 Å². The van der Waals surface area contributed by atoms with Gasteiger partial charge in [0.25, 0.3) is 0 Å². The van der Waals surface area contributed by atoms with Gasteiger partial charge in [0.05, 0.1) is 11.9 Å². The highest BCUT2D eigenvalue weighted by Gasteiger charge is 2.23. The minimum Gasteiger partial charge on any atom is -0.409 e. The Morgan fingerprint density at radius 1 is 1.47 bits per heavy atom. The molecule has 3 N–H and O–H groups in total. The van der Waals surface area contributed by atoms with Crippen LogP contribution in [0.1, 0.15) is 26.0 Å². The Hall–Kier alpha value is -1.43. The van der Waals surface area contributed by atoms with Crippen LogP contribution in [0.15, 0.2) is 23.5 Å². The van der Waals surface area contributed by atoms with Gasteiger partial charge in [0, 0.05) is 23.6 Å². The lowest BCUT2D eigenvalue weighted by Crippen LogP contribution is -2.27. The molecule has 5 nitrogen and oxygen atoms in total. The van der Waals surface area contributed by atoms with Crippen molar-refractivity contribution in [3.05, 3.63) is 24.0 Å². The Morgan fingerprint density at radius 3 is 2.89 bits per heavy atom. The third-order valence-electron chi connectivity index (χ3n) is 3.32. The molecule has 104 valence electrons. The largest absolute Gasteiger partial charge is 0.409 e. The monoisotopic (exact) mass is 280 g/mol. The summed E-state index contributed by atoms with van der Waals surface area (Å²) >= 11 is 2.02. The van der Waals surface area contributed by atoms with E-state index in [2.05, 4.69) is 28.9 Å². The van der Waals surface area contributed by atoms with Gasteiger partial charge in [0.15, 0.2) is 5.84 Å². The number of amidine groups is 1. The van der Waals surface area contributed by atoms with Gasteiger partial charge in [-0.15, -0.1) is 0 Å². The second kappa shape index (κ2) is 5.69. The van der Waals surface area contributed by atoms with Gasteiger partial charge >= 0.3 is 0 Å². The summed E-state index contributed by atoms with van der Waals surface area (Å²) in [5.74, 6) is 1.16. The van der Waals surface area contributed by atoms with Crippen molar-refractivity contribution in [3.63, 3.8) is 0 Å². The summed E-state index contributed by atoms with van der Waals surface area (Å²) in [7, 11) is 0. The molecule has 1 saturated heterocycles. The minimum absolute atomic E-state index is 0.0408. The Balaban J connectivity index is 2.10. The van der Waals surface area contributed by atoms with Crippen LogP contribution in [0.5, 0.6) is 0 Å². The van der Waals surface area contributed by atoms with E-state index in [0.29, 0.717) is 10.4 Å². The van der Waals surface area contributed by atoms with Crippen molar-refractivity contribution in [2.24, 2.45) is 10.9 Å². The molecule has 2 rings (SSSR count). The highest BCUT2D eigenvalue weighted by molar-refractivity contribution is 8.00. The Labute approximate surface area is 117 Å². The Kier molecular flexibility index (Phi) is 4.19. The first-order valence-corrected chi connectivity index (χ1v) is 7.33. The number of hydrogen-bond acceptors (Lipinski definition) is 5. The molecule has 1 aromatic heterocycles. The van der Waals surface area contributed by atoms with Crippen LogP contribution < -0.4 is 10.6 Å². The van der Waals surface area contributed by atoms with Crippen LogP contribution in [0.4, 0.5) is 5.69 Å². The predicted octanol–water partition coefficient (Wildman–Crippen LogP) is 1.90. The average molecular weight is 280 g/mol. The first-order chi connectivity index (χ1) is 9.02. The predicted molar refractivity (Wildman–Crippen MR) is 80.1 cm³/mol. The second-order valence-corrected chi connectivity index (χ2v) is 7.03. The van der Waals surface area contributed by atoms with Crippen LogP contribution in [-0.4, -0.2) is 39.6 Å². The highest BCUT2D eigenvalue weighted by Crippen LogP contribution is 2.32. The molecule has 1 aliphatic heterocycles. The van der Waals surface area contributed by atoms with Gasteiger partial charge in [-0.1, -0.05) is 19.0 Å². The van der Waals surface area contributed by atoms with Crippen LogP contribution >= 0.6 is 11.8 Å². The molecule has 6 heteroatoms. The highest BCUT2D eigenvalue weighted by atomic mass is 32.2. The summed E-state index contributed by atoms with van der Waals surface area (Å²) in [5, 5.41) is 11.6. The second-order valence-electron chi connectivity index (χ2n) is 5.23. The molecule has 0 saturated carbocycles. The average Bonchev–Trinajstić information content (AvgIpc) is 2.59. The van der Waals surface area contributed by atoms with Crippen LogP contribution in [-0.2, 0) is 0 Å². The first kappa shape index (κ1) is 14.0. The van der Waals surface area contributed by atoms with E-state index in [0.717, 1.165) is 31.0 Å². The summed E-state index contributed by atoms with van der Waals surface area (Å²) in [5.41, 5.74) is 7.09. The number of thioether (sulfide) groups is 1. The minimum atomic E-state index is 0.0408. The zero-order valence-corrected chi connectivity index (χ0v) is 12.2. The van der Waals surface area contributed by atoms with E-state index < -0.39 is 0 Å². The number of rotatable bonds is 2. The zero-order chi connectivity index (χ0) is 13.9. The summed E-state index contributed by atoms with van der Waals surface area (Å²) < 4.78 is 0.343. The molecule has 19 heavy (non-hydrogen) atoms. The van der Waals surface area contributed by atoms with E-state index in [1.54, 1.807) is 12.3 Å². The van der Waals surface area contributed by atoms with Crippen molar-refractivity contribution in [1.29, 1.82) is 0 Å². The number of nitrogens with zero attached hydrogens (tertiary/aromatic N) is 3. The number of oxime groups is 1. The standard InChI is InChI=1S/C13H20N4OS/c1-13(2)5-6-17(7-8-19-13)10-3-4-11(15-9-10)12(14)16-18/h3-4,9,18H,5-8H2,1-2H3,(H2,14,16). The van der Waals surface area contributed by atoms with E-state index in [9.17, 15) is 0 Å². The number of aromatic nitrogens is 1.